The fraction of sp³-hybridized carbons (Fsp3) is 0.182. The number of anilines is 2. The van der Waals surface area contributed by atoms with E-state index in [-0.39, 0.29) is 24.0 Å². The zero-order valence-electron chi connectivity index (χ0n) is 15.4. The van der Waals surface area contributed by atoms with Crippen LogP contribution < -0.4 is 10.2 Å². The van der Waals surface area contributed by atoms with Crippen molar-refractivity contribution in [3.63, 3.8) is 0 Å². The van der Waals surface area contributed by atoms with Crippen molar-refractivity contribution in [1.82, 2.24) is 4.98 Å². The van der Waals surface area contributed by atoms with Gasteiger partial charge in [-0.1, -0.05) is 18.2 Å². The number of carbonyl (C=O) groups is 3. The van der Waals surface area contributed by atoms with Gasteiger partial charge in [-0.3, -0.25) is 19.4 Å². The molecular formula is C22H19N3O3. The lowest BCUT2D eigenvalue weighted by Gasteiger charge is -2.18. The van der Waals surface area contributed by atoms with Gasteiger partial charge >= 0.3 is 0 Å². The van der Waals surface area contributed by atoms with E-state index < -0.39 is 5.92 Å². The van der Waals surface area contributed by atoms with Crippen LogP contribution in [0.2, 0.25) is 0 Å². The third kappa shape index (κ3) is 3.36. The molecule has 0 bridgehead atoms. The third-order valence-electron chi connectivity index (χ3n) is 4.96. The molecule has 1 unspecified atom stereocenters. The number of ketones is 1. The Morgan fingerprint density at radius 3 is 2.57 bits per heavy atom. The lowest BCUT2D eigenvalue weighted by Crippen LogP contribution is -2.28. The normalized spacial score (nSPS) is 16.4. The lowest BCUT2D eigenvalue weighted by atomic mass is 10.1. The quantitative estimate of drug-likeness (QED) is 0.711. The maximum atomic E-state index is 12.6. The van der Waals surface area contributed by atoms with Gasteiger partial charge in [0.15, 0.2) is 5.78 Å². The second kappa shape index (κ2) is 7.23. The zero-order chi connectivity index (χ0) is 19.7. The van der Waals surface area contributed by atoms with Crippen molar-refractivity contribution in [1.29, 1.82) is 0 Å². The van der Waals surface area contributed by atoms with Crippen LogP contribution in [0.25, 0.3) is 10.9 Å². The highest BCUT2D eigenvalue weighted by molar-refractivity contribution is 6.07. The first kappa shape index (κ1) is 17.9. The van der Waals surface area contributed by atoms with Crippen molar-refractivity contribution in [3.05, 3.63) is 66.4 Å². The number of hydrogen-bond acceptors (Lipinski definition) is 4. The van der Waals surface area contributed by atoms with Gasteiger partial charge < -0.3 is 10.2 Å². The SMILES string of the molecule is CC(=O)c1ccc(NC(=O)C2CC(=O)N(c3cccc4cccnc34)C2)cc1. The standard InChI is InChI=1S/C22H19N3O3/c1-14(26)15-7-9-18(10-8-15)24-22(28)17-12-20(27)25(13-17)19-6-2-4-16-5-3-11-23-21(16)19/h2-11,17H,12-13H2,1H3,(H,24,28). The van der Waals surface area contributed by atoms with Crippen LogP contribution in [0.1, 0.15) is 23.7 Å². The molecule has 1 aromatic heterocycles. The minimum absolute atomic E-state index is 0.0291. The van der Waals surface area contributed by atoms with Crippen LogP contribution in [0.15, 0.2) is 60.8 Å². The van der Waals surface area contributed by atoms with E-state index in [0.717, 1.165) is 16.6 Å². The van der Waals surface area contributed by atoms with Crippen LogP contribution in [0.4, 0.5) is 11.4 Å². The topological polar surface area (TPSA) is 79.4 Å². The summed E-state index contributed by atoms with van der Waals surface area (Å²) >= 11 is 0. The van der Waals surface area contributed by atoms with E-state index >= 15 is 0 Å². The van der Waals surface area contributed by atoms with Gasteiger partial charge in [0.1, 0.15) is 0 Å². The summed E-state index contributed by atoms with van der Waals surface area (Å²) in [6, 6.07) is 16.2. The minimum Gasteiger partial charge on any atom is -0.326 e. The Hall–Kier alpha value is -3.54. The summed E-state index contributed by atoms with van der Waals surface area (Å²) in [4.78, 5) is 42.6. The molecule has 2 heterocycles. The molecule has 3 aromatic rings. The van der Waals surface area contributed by atoms with Crippen LogP contribution in [-0.2, 0) is 9.59 Å². The molecular weight excluding hydrogens is 354 g/mol. The molecule has 1 aliphatic heterocycles. The Kier molecular flexibility index (Phi) is 4.61. The van der Waals surface area contributed by atoms with E-state index in [2.05, 4.69) is 10.3 Å². The largest absolute Gasteiger partial charge is 0.326 e. The van der Waals surface area contributed by atoms with Gasteiger partial charge in [-0.2, -0.15) is 0 Å². The first-order valence-electron chi connectivity index (χ1n) is 9.09. The van der Waals surface area contributed by atoms with Gasteiger partial charge in [-0.25, -0.2) is 0 Å². The molecule has 2 aromatic carbocycles. The number of carbonyl (C=O) groups excluding carboxylic acids is 3. The molecule has 6 nitrogen and oxygen atoms in total. The first-order valence-corrected chi connectivity index (χ1v) is 9.09. The van der Waals surface area contributed by atoms with E-state index in [4.69, 9.17) is 0 Å². The lowest BCUT2D eigenvalue weighted by molar-refractivity contribution is -0.122. The maximum absolute atomic E-state index is 12.6. The van der Waals surface area contributed by atoms with Gasteiger partial charge in [0.25, 0.3) is 0 Å². The van der Waals surface area contributed by atoms with Crippen LogP contribution >= 0.6 is 0 Å². The first-order chi connectivity index (χ1) is 13.5. The number of benzene rings is 2. The summed E-state index contributed by atoms with van der Waals surface area (Å²) in [5.74, 6) is -0.776. The van der Waals surface area contributed by atoms with Crippen molar-refractivity contribution < 1.29 is 14.4 Å². The molecule has 140 valence electrons. The number of para-hydroxylation sites is 1. The van der Waals surface area contributed by atoms with Crippen molar-refractivity contribution >= 4 is 39.9 Å². The summed E-state index contributed by atoms with van der Waals surface area (Å²) < 4.78 is 0. The third-order valence-corrected chi connectivity index (χ3v) is 4.96. The van der Waals surface area contributed by atoms with E-state index in [1.54, 1.807) is 35.4 Å². The molecule has 1 aliphatic rings. The molecule has 0 spiro atoms. The number of fused-ring (bicyclic) bond motifs is 1. The summed E-state index contributed by atoms with van der Waals surface area (Å²) in [5, 5.41) is 3.79. The molecule has 1 saturated heterocycles. The highest BCUT2D eigenvalue weighted by atomic mass is 16.2. The number of pyridine rings is 1. The molecule has 2 amide bonds. The highest BCUT2D eigenvalue weighted by Gasteiger charge is 2.36. The van der Waals surface area contributed by atoms with E-state index in [0.29, 0.717) is 17.8 Å². The minimum atomic E-state index is -0.445. The Balaban J connectivity index is 1.51. The molecule has 1 fully saturated rings. The molecule has 28 heavy (non-hydrogen) atoms. The summed E-state index contributed by atoms with van der Waals surface area (Å²) in [6.45, 7) is 1.81. The average molecular weight is 373 g/mol. The molecule has 0 saturated carbocycles. The van der Waals surface area contributed by atoms with E-state index in [1.807, 2.05) is 30.3 Å². The zero-order valence-corrected chi connectivity index (χ0v) is 15.4. The molecule has 6 heteroatoms. The number of aromatic nitrogens is 1. The Labute approximate surface area is 162 Å². The number of nitrogens with zero attached hydrogens (tertiary/aromatic N) is 2. The van der Waals surface area contributed by atoms with Crippen molar-refractivity contribution in [3.8, 4) is 0 Å². The second-order valence-corrected chi connectivity index (χ2v) is 6.88. The van der Waals surface area contributed by atoms with Crippen molar-refractivity contribution in [2.45, 2.75) is 13.3 Å². The molecule has 0 aliphatic carbocycles. The van der Waals surface area contributed by atoms with Crippen LogP contribution in [-0.4, -0.2) is 29.1 Å². The number of amides is 2. The van der Waals surface area contributed by atoms with E-state index in [9.17, 15) is 14.4 Å². The Bertz CT molecular complexity index is 1070. The Morgan fingerprint density at radius 1 is 1.07 bits per heavy atom. The molecule has 0 radical (unpaired) electrons. The summed E-state index contributed by atoms with van der Waals surface area (Å²) in [5.41, 5.74) is 2.67. The Morgan fingerprint density at radius 2 is 1.82 bits per heavy atom. The van der Waals surface area contributed by atoms with Crippen molar-refractivity contribution in [2.24, 2.45) is 5.92 Å². The predicted octanol–water partition coefficient (Wildman–Crippen LogP) is 3.43. The smallest absolute Gasteiger partial charge is 0.229 e. The monoisotopic (exact) mass is 373 g/mol. The number of rotatable bonds is 4. The number of hydrogen-bond donors (Lipinski definition) is 1. The fourth-order valence-corrected chi connectivity index (χ4v) is 3.45. The summed E-state index contributed by atoms with van der Waals surface area (Å²) in [6.07, 6.45) is 1.85. The molecule has 4 rings (SSSR count). The van der Waals surface area contributed by atoms with Crippen LogP contribution in [0.3, 0.4) is 0 Å². The summed E-state index contributed by atoms with van der Waals surface area (Å²) in [7, 11) is 0. The van der Waals surface area contributed by atoms with Crippen molar-refractivity contribution in [2.75, 3.05) is 16.8 Å². The van der Waals surface area contributed by atoms with Crippen LogP contribution in [0, 0.1) is 5.92 Å². The second-order valence-electron chi connectivity index (χ2n) is 6.88. The van der Waals surface area contributed by atoms with Crippen LogP contribution in [0.5, 0.6) is 0 Å². The molecule has 1 atom stereocenters. The van der Waals surface area contributed by atoms with Gasteiger partial charge in [-0.15, -0.1) is 0 Å². The number of nitrogens with one attached hydrogen (secondary N) is 1. The van der Waals surface area contributed by atoms with E-state index in [1.165, 1.54) is 6.92 Å². The predicted molar refractivity (Wildman–Crippen MR) is 107 cm³/mol. The highest BCUT2D eigenvalue weighted by Crippen LogP contribution is 2.31. The van der Waals surface area contributed by atoms with Gasteiger partial charge in [0, 0.05) is 35.8 Å². The number of Topliss-reactive ketones (excluding diaryl/α,β-unsaturated/α-hetero) is 1. The average Bonchev–Trinajstić information content (AvgIpc) is 3.09. The maximum Gasteiger partial charge on any atom is 0.229 e. The molecule has 1 N–H and O–H groups in total. The fourth-order valence-electron chi connectivity index (χ4n) is 3.45. The van der Waals surface area contributed by atoms with Gasteiger partial charge in [0.2, 0.25) is 11.8 Å². The van der Waals surface area contributed by atoms with Gasteiger partial charge in [0.05, 0.1) is 17.1 Å². The van der Waals surface area contributed by atoms with Gasteiger partial charge in [-0.05, 0) is 43.3 Å².